The molecule has 1 aromatic heterocycles. The molecular formula is C10H12FN3O. The van der Waals surface area contributed by atoms with E-state index in [-0.39, 0.29) is 5.82 Å². The topological polar surface area (TPSA) is 64.1 Å². The van der Waals surface area contributed by atoms with Crippen molar-refractivity contribution in [1.29, 1.82) is 0 Å². The molecule has 0 fully saturated rings. The van der Waals surface area contributed by atoms with Gasteiger partial charge in [0.05, 0.1) is 11.4 Å². The molecule has 0 amide bonds. The van der Waals surface area contributed by atoms with Gasteiger partial charge in [-0.3, -0.25) is 0 Å². The molecule has 4 nitrogen and oxygen atoms in total. The van der Waals surface area contributed by atoms with Gasteiger partial charge in [0.1, 0.15) is 5.82 Å². The smallest absolute Gasteiger partial charge is 0.170 e. The van der Waals surface area contributed by atoms with Crippen molar-refractivity contribution in [1.82, 2.24) is 5.16 Å². The molecule has 0 unspecified atom stereocenters. The highest BCUT2D eigenvalue weighted by molar-refractivity contribution is 5.83. The number of rotatable bonds is 3. The number of halogens is 1. The first kappa shape index (κ1) is 9.92. The standard InChI is InChI=1S/C10H12FN3O/c1-6-7-4-9(13-3-2-12)8(11)5-10(7)15-14-6/h4-5,13H,2-3,12H2,1H3. The van der Waals surface area contributed by atoms with Crippen LogP contribution in [0.2, 0.25) is 0 Å². The summed E-state index contributed by atoms with van der Waals surface area (Å²) in [6, 6.07) is 3.01. The lowest BCUT2D eigenvalue weighted by Crippen LogP contribution is -2.13. The number of anilines is 1. The Labute approximate surface area is 86.2 Å². The zero-order valence-corrected chi connectivity index (χ0v) is 8.38. The Kier molecular flexibility index (Phi) is 2.55. The van der Waals surface area contributed by atoms with E-state index < -0.39 is 0 Å². The van der Waals surface area contributed by atoms with Crippen molar-refractivity contribution in [3.05, 3.63) is 23.6 Å². The summed E-state index contributed by atoms with van der Waals surface area (Å²) in [5.74, 6) is -0.355. The molecule has 0 bridgehead atoms. The summed E-state index contributed by atoms with van der Waals surface area (Å²) < 4.78 is 18.4. The summed E-state index contributed by atoms with van der Waals surface area (Å²) >= 11 is 0. The molecule has 15 heavy (non-hydrogen) atoms. The summed E-state index contributed by atoms with van der Waals surface area (Å²) in [5, 5.41) is 7.48. The van der Waals surface area contributed by atoms with Gasteiger partial charge in [-0.05, 0) is 13.0 Å². The molecule has 1 heterocycles. The SMILES string of the molecule is Cc1noc2cc(F)c(NCCN)cc12. The second-order valence-corrected chi connectivity index (χ2v) is 3.31. The van der Waals surface area contributed by atoms with Crippen LogP contribution in [0.15, 0.2) is 16.7 Å². The first-order chi connectivity index (χ1) is 7.22. The third-order valence-corrected chi connectivity index (χ3v) is 2.20. The number of hydrogen-bond acceptors (Lipinski definition) is 4. The van der Waals surface area contributed by atoms with E-state index >= 15 is 0 Å². The van der Waals surface area contributed by atoms with Crippen molar-refractivity contribution in [3.8, 4) is 0 Å². The van der Waals surface area contributed by atoms with Crippen LogP contribution in [0.25, 0.3) is 11.0 Å². The van der Waals surface area contributed by atoms with E-state index in [1.54, 1.807) is 6.07 Å². The average molecular weight is 209 g/mol. The van der Waals surface area contributed by atoms with Crippen molar-refractivity contribution in [3.63, 3.8) is 0 Å². The number of fused-ring (bicyclic) bond motifs is 1. The molecule has 0 aliphatic heterocycles. The molecule has 0 spiro atoms. The molecule has 0 saturated heterocycles. The Morgan fingerprint density at radius 3 is 3.07 bits per heavy atom. The molecule has 5 heteroatoms. The molecule has 2 aromatic rings. The monoisotopic (exact) mass is 209 g/mol. The predicted octanol–water partition coefficient (Wildman–Crippen LogP) is 1.65. The van der Waals surface area contributed by atoms with Crippen LogP contribution in [-0.2, 0) is 0 Å². The Bertz CT molecular complexity index is 481. The van der Waals surface area contributed by atoms with Gasteiger partial charge in [0.15, 0.2) is 5.58 Å². The van der Waals surface area contributed by atoms with Crippen LogP contribution in [0.4, 0.5) is 10.1 Å². The summed E-state index contributed by atoms with van der Waals surface area (Å²) in [6.45, 7) is 2.81. The third-order valence-electron chi connectivity index (χ3n) is 2.20. The van der Waals surface area contributed by atoms with Crippen molar-refractivity contribution in [2.45, 2.75) is 6.92 Å². The van der Waals surface area contributed by atoms with E-state index in [1.807, 2.05) is 6.92 Å². The number of aromatic nitrogens is 1. The first-order valence-electron chi connectivity index (χ1n) is 4.72. The minimum absolute atomic E-state index is 0.355. The van der Waals surface area contributed by atoms with Crippen molar-refractivity contribution in [2.24, 2.45) is 5.73 Å². The third kappa shape index (κ3) is 1.78. The molecule has 0 aliphatic rings. The van der Waals surface area contributed by atoms with E-state index in [1.165, 1.54) is 6.07 Å². The van der Waals surface area contributed by atoms with Gasteiger partial charge in [-0.25, -0.2) is 4.39 Å². The first-order valence-corrected chi connectivity index (χ1v) is 4.72. The van der Waals surface area contributed by atoms with Gasteiger partial charge in [0.2, 0.25) is 0 Å². The van der Waals surface area contributed by atoms with E-state index in [2.05, 4.69) is 10.5 Å². The minimum atomic E-state index is -0.355. The summed E-state index contributed by atoms with van der Waals surface area (Å²) in [4.78, 5) is 0. The molecule has 3 N–H and O–H groups in total. The van der Waals surface area contributed by atoms with Crippen LogP contribution < -0.4 is 11.1 Å². The molecular weight excluding hydrogens is 197 g/mol. The highest BCUT2D eigenvalue weighted by Gasteiger charge is 2.09. The number of hydrogen-bond donors (Lipinski definition) is 2. The Hall–Kier alpha value is -1.62. The van der Waals surface area contributed by atoms with Gasteiger partial charge < -0.3 is 15.6 Å². The van der Waals surface area contributed by atoms with Gasteiger partial charge in [-0.15, -0.1) is 0 Å². The highest BCUT2D eigenvalue weighted by Crippen LogP contribution is 2.24. The predicted molar refractivity (Wildman–Crippen MR) is 56.2 cm³/mol. The van der Waals surface area contributed by atoms with Gasteiger partial charge in [-0.1, -0.05) is 5.16 Å². The van der Waals surface area contributed by atoms with E-state index in [0.717, 1.165) is 11.1 Å². The van der Waals surface area contributed by atoms with Crippen molar-refractivity contribution < 1.29 is 8.91 Å². The lowest BCUT2D eigenvalue weighted by molar-refractivity contribution is 0.449. The molecule has 0 atom stereocenters. The van der Waals surface area contributed by atoms with E-state index in [4.69, 9.17) is 10.3 Å². The lowest BCUT2D eigenvalue weighted by atomic mass is 10.2. The fourth-order valence-corrected chi connectivity index (χ4v) is 1.42. The van der Waals surface area contributed by atoms with Gasteiger partial charge >= 0.3 is 0 Å². The Balaban J connectivity index is 2.45. The van der Waals surface area contributed by atoms with Crippen molar-refractivity contribution >= 4 is 16.7 Å². The van der Waals surface area contributed by atoms with Crippen molar-refractivity contribution in [2.75, 3.05) is 18.4 Å². The highest BCUT2D eigenvalue weighted by atomic mass is 19.1. The van der Waals surface area contributed by atoms with Crippen LogP contribution >= 0.6 is 0 Å². The second-order valence-electron chi connectivity index (χ2n) is 3.31. The van der Waals surface area contributed by atoms with E-state index in [9.17, 15) is 4.39 Å². The lowest BCUT2D eigenvalue weighted by Gasteiger charge is -2.05. The number of nitrogens with one attached hydrogen (secondary N) is 1. The molecule has 2 rings (SSSR count). The van der Waals surface area contributed by atoms with Crippen LogP contribution in [0.5, 0.6) is 0 Å². The fraction of sp³-hybridized carbons (Fsp3) is 0.300. The number of aryl methyl sites for hydroxylation is 1. The summed E-state index contributed by atoms with van der Waals surface area (Å²) in [5.41, 5.74) is 6.98. The normalized spacial score (nSPS) is 10.9. The molecule has 1 aromatic carbocycles. The van der Waals surface area contributed by atoms with Crippen LogP contribution in [0.3, 0.4) is 0 Å². The van der Waals surface area contributed by atoms with Crippen LogP contribution in [0.1, 0.15) is 5.69 Å². The fourth-order valence-electron chi connectivity index (χ4n) is 1.42. The number of nitrogens with two attached hydrogens (primary N) is 1. The average Bonchev–Trinajstić information content (AvgIpc) is 2.57. The minimum Gasteiger partial charge on any atom is -0.381 e. The van der Waals surface area contributed by atoms with Gasteiger partial charge in [-0.2, -0.15) is 0 Å². The molecule has 0 aliphatic carbocycles. The second kappa shape index (κ2) is 3.86. The maximum Gasteiger partial charge on any atom is 0.170 e. The zero-order chi connectivity index (χ0) is 10.8. The maximum absolute atomic E-state index is 13.5. The Morgan fingerprint density at radius 1 is 1.53 bits per heavy atom. The molecule has 0 saturated carbocycles. The molecule has 80 valence electrons. The quantitative estimate of drug-likeness (QED) is 0.806. The van der Waals surface area contributed by atoms with Gasteiger partial charge in [0, 0.05) is 24.5 Å². The van der Waals surface area contributed by atoms with Crippen LogP contribution in [0, 0.1) is 12.7 Å². The number of nitrogens with zero attached hydrogens (tertiary/aromatic N) is 1. The maximum atomic E-state index is 13.5. The Morgan fingerprint density at radius 2 is 2.33 bits per heavy atom. The number of benzene rings is 1. The molecule has 0 radical (unpaired) electrons. The summed E-state index contributed by atoms with van der Waals surface area (Å²) in [6.07, 6.45) is 0. The summed E-state index contributed by atoms with van der Waals surface area (Å²) in [7, 11) is 0. The van der Waals surface area contributed by atoms with Crippen LogP contribution in [-0.4, -0.2) is 18.2 Å². The van der Waals surface area contributed by atoms with E-state index in [0.29, 0.717) is 24.4 Å². The largest absolute Gasteiger partial charge is 0.381 e. The zero-order valence-electron chi connectivity index (χ0n) is 8.38. The van der Waals surface area contributed by atoms with Gasteiger partial charge in [0.25, 0.3) is 0 Å².